The van der Waals surface area contributed by atoms with Crippen molar-refractivity contribution in [2.45, 2.75) is 44.4 Å². The van der Waals surface area contributed by atoms with Crippen LogP contribution in [-0.4, -0.2) is 12.9 Å². The summed E-state index contributed by atoms with van der Waals surface area (Å²) < 4.78 is 5.29. The fraction of sp³-hybridized carbons (Fsp3) is 0.400. The molecular formula is C25H28O2. The fourth-order valence-corrected chi connectivity index (χ4v) is 5.26. The molecule has 0 aliphatic heterocycles. The molecule has 0 amide bonds. The zero-order valence-electron chi connectivity index (χ0n) is 16.1. The number of Topliss-reactive ketones (excluding diaryl/α,β-unsaturated/α-hetero) is 1. The number of carbonyl (C=O) groups is 1. The number of rotatable bonds is 7. The quantitative estimate of drug-likeness (QED) is 0.563. The van der Waals surface area contributed by atoms with E-state index in [4.69, 9.17) is 4.74 Å². The molecule has 0 saturated heterocycles. The average molecular weight is 360 g/mol. The fourth-order valence-electron chi connectivity index (χ4n) is 5.26. The van der Waals surface area contributed by atoms with Crippen LogP contribution in [0.1, 0.15) is 55.6 Å². The highest BCUT2D eigenvalue weighted by molar-refractivity contribution is 5.96. The summed E-state index contributed by atoms with van der Waals surface area (Å²) in [6.45, 7) is 0. The van der Waals surface area contributed by atoms with Gasteiger partial charge in [0.05, 0.1) is 7.11 Å². The van der Waals surface area contributed by atoms with Crippen LogP contribution in [0.3, 0.4) is 0 Å². The van der Waals surface area contributed by atoms with Crippen molar-refractivity contribution in [3.8, 4) is 5.75 Å². The maximum atomic E-state index is 12.9. The minimum absolute atomic E-state index is 0.113. The lowest BCUT2D eigenvalue weighted by atomic mass is 9.43. The molecule has 27 heavy (non-hydrogen) atoms. The Morgan fingerprint density at radius 3 is 2.59 bits per heavy atom. The number of carbonyl (C=O) groups excluding carboxylic acids is 1. The predicted molar refractivity (Wildman–Crippen MR) is 110 cm³/mol. The van der Waals surface area contributed by atoms with E-state index < -0.39 is 0 Å². The lowest BCUT2D eigenvalue weighted by molar-refractivity contribution is -0.158. The van der Waals surface area contributed by atoms with Crippen LogP contribution in [0.4, 0.5) is 0 Å². The van der Waals surface area contributed by atoms with Crippen LogP contribution in [0, 0.1) is 11.3 Å². The molecule has 0 aromatic heterocycles. The number of ketones is 1. The first-order valence-corrected chi connectivity index (χ1v) is 10.1. The molecule has 3 atom stereocenters. The zero-order chi connectivity index (χ0) is 18.7. The maximum absolute atomic E-state index is 12.9. The molecule has 0 spiro atoms. The second kappa shape index (κ2) is 7.72. The highest BCUT2D eigenvalue weighted by Gasteiger charge is 2.62. The second-order valence-corrected chi connectivity index (χ2v) is 7.98. The van der Waals surface area contributed by atoms with Crippen molar-refractivity contribution in [3.05, 3.63) is 71.8 Å². The number of methoxy groups -OCH3 is 1. The average Bonchev–Trinajstić information content (AvgIpc) is 2.73. The summed E-state index contributed by atoms with van der Waals surface area (Å²) in [7, 11) is 1.70. The summed E-state index contributed by atoms with van der Waals surface area (Å²) in [5.74, 6) is 2.06. The van der Waals surface area contributed by atoms with Gasteiger partial charge in [-0.05, 0) is 55.4 Å². The van der Waals surface area contributed by atoms with Gasteiger partial charge in [-0.3, -0.25) is 4.79 Å². The lowest BCUT2D eigenvalue weighted by Gasteiger charge is -2.58. The lowest BCUT2D eigenvalue weighted by Crippen LogP contribution is -2.58. The molecule has 2 aromatic rings. The second-order valence-electron chi connectivity index (χ2n) is 7.98. The smallest absolute Gasteiger partial charge is 0.143 e. The summed E-state index contributed by atoms with van der Waals surface area (Å²) >= 11 is 0. The van der Waals surface area contributed by atoms with E-state index in [-0.39, 0.29) is 11.3 Å². The molecule has 140 valence electrons. The van der Waals surface area contributed by atoms with Gasteiger partial charge in [-0.2, -0.15) is 0 Å². The molecule has 2 saturated carbocycles. The molecule has 2 aliphatic rings. The van der Waals surface area contributed by atoms with Crippen LogP contribution in [-0.2, 0) is 4.79 Å². The van der Waals surface area contributed by atoms with Crippen molar-refractivity contribution >= 4 is 11.9 Å². The third-order valence-corrected chi connectivity index (χ3v) is 6.54. The Labute approximate surface area is 162 Å². The van der Waals surface area contributed by atoms with Crippen LogP contribution in [0.25, 0.3) is 6.08 Å². The van der Waals surface area contributed by atoms with Gasteiger partial charge in [0.1, 0.15) is 11.5 Å². The number of fused-ring (bicyclic) bond motifs is 2. The summed E-state index contributed by atoms with van der Waals surface area (Å²) in [6.07, 6.45) is 10.9. The monoisotopic (exact) mass is 360 g/mol. The third-order valence-electron chi connectivity index (χ3n) is 6.54. The molecular weight excluding hydrogens is 332 g/mol. The van der Waals surface area contributed by atoms with Crippen LogP contribution < -0.4 is 4.74 Å². The van der Waals surface area contributed by atoms with E-state index in [0.717, 1.165) is 37.9 Å². The van der Waals surface area contributed by atoms with Gasteiger partial charge >= 0.3 is 0 Å². The first-order valence-electron chi connectivity index (χ1n) is 10.1. The number of benzene rings is 2. The Kier molecular flexibility index (Phi) is 5.15. The molecule has 2 fully saturated rings. The first kappa shape index (κ1) is 18.0. The van der Waals surface area contributed by atoms with Gasteiger partial charge in [-0.1, -0.05) is 61.0 Å². The molecule has 2 aromatic carbocycles. The molecule has 0 heterocycles. The van der Waals surface area contributed by atoms with Crippen molar-refractivity contribution < 1.29 is 9.53 Å². The van der Waals surface area contributed by atoms with Crippen LogP contribution in [0.2, 0.25) is 0 Å². The standard InChI is InChI=1S/C25H28O2/c1-27-21-15-13-20(14-16-21)23-22-12-8-18-25(23,24(22)26)17-7-3-6-11-19-9-4-2-5-10-19/h2,4-6,9-11,13-16,22-23H,3,7-8,12,17-18H2,1H3/b11-6+. The van der Waals surface area contributed by atoms with Gasteiger partial charge in [0, 0.05) is 17.3 Å². The highest BCUT2D eigenvalue weighted by atomic mass is 16.5. The molecule has 3 unspecified atom stereocenters. The maximum Gasteiger partial charge on any atom is 0.143 e. The Morgan fingerprint density at radius 2 is 1.89 bits per heavy atom. The Morgan fingerprint density at radius 1 is 1.11 bits per heavy atom. The van der Waals surface area contributed by atoms with Gasteiger partial charge in [0.2, 0.25) is 0 Å². The molecule has 2 bridgehead atoms. The summed E-state index contributed by atoms with van der Waals surface area (Å²) in [5, 5.41) is 0. The van der Waals surface area contributed by atoms with Gasteiger partial charge in [-0.15, -0.1) is 0 Å². The van der Waals surface area contributed by atoms with E-state index in [2.05, 4.69) is 48.6 Å². The van der Waals surface area contributed by atoms with Crippen molar-refractivity contribution in [2.75, 3.05) is 7.11 Å². The number of ether oxygens (including phenoxy) is 1. The number of allylic oxidation sites excluding steroid dienone is 1. The van der Waals surface area contributed by atoms with E-state index in [1.54, 1.807) is 7.11 Å². The van der Waals surface area contributed by atoms with Crippen LogP contribution >= 0.6 is 0 Å². The Bertz CT molecular complexity index is 806. The predicted octanol–water partition coefficient (Wildman–Crippen LogP) is 6.03. The molecule has 2 heteroatoms. The van der Waals surface area contributed by atoms with Crippen molar-refractivity contribution in [2.24, 2.45) is 11.3 Å². The molecule has 4 rings (SSSR count). The molecule has 0 radical (unpaired) electrons. The number of hydrogen-bond donors (Lipinski definition) is 0. The Hall–Kier alpha value is -2.35. The van der Waals surface area contributed by atoms with E-state index in [1.807, 2.05) is 18.2 Å². The van der Waals surface area contributed by atoms with E-state index in [1.165, 1.54) is 17.5 Å². The van der Waals surface area contributed by atoms with Crippen LogP contribution in [0.5, 0.6) is 5.75 Å². The van der Waals surface area contributed by atoms with Gasteiger partial charge in [0.15, 0.2) is 0 Å². The summed E-state index contributed by atoms with van der Waals surface area (Å²) in [6, 6.07) is 18.8. The molecule has 2 nitrogen and oxygen atoms in total. The minimum Gasteiger partial charge on any atom is -0.497 e. The number of unbranched alkanes of at least 4 members (excludes halogenated alkanes) is 1. The van der Waals surface area contributed by atoms with Gasteiger partial charge in [-0.25, -0.2) is 0 Å². The van der Waals surface area contributed by atoms with Gasteiger partial charge < -0.3 is 4.74 Å². The van der Waals surface area contributed by atoms with E-state index >= 15 is 0 Å². The minimum atomic E-state index is -0.113. The van der Waals surface area contributed by atoms with E-state index in [0.29, 0.717) is 11.7 Å². The van der Waals surface area contributed by atoms with Crippen molar-refractivity contribution in [3.63, 3.8) is 0 Å². The SMILES string of the molecule is COc1ccc(C2C3CCCC2(CCC/C=C/c2ccccc2)C3=O)cc1. The van der Waals surface area contributed by atoms with Crippen molar-refractivity contribution in [1.29, 1.82) is 0 Å². The van der Waals surface area contributed by atoms with E-state index in [9.17, 15) is 4.79 Å². The first-order chi connectivity index (χ1) is 13.2. The van der Waals surface area contributed by atoms with Gasteiger partial charge in [0.25, 0.3) is 0 Å². The van der Waals surface area contributed by atoms with Crippen molar-refractivity contribution in [1.82, 2.24) is 0 Å². The topological polar surface area (TPSA) is 26.3 Å². The third kappa shape index (κ3) is 3.34. The zero-order valence-corrected chi connectivity index (χ0v) is 16.1. The largest absolute Gasteiger partial charge is 0.497 e. The normalized spacial score (nSPS) is 26.8. The highest BCUT2D eigenvalue weighted by Crippen LogP contribution is 2.64. The summed E-state index contributed by atoms with van der Waals surface area (Å²) in [5.41, 5.74) is 2.45. The molecule has 0 N–H and O–H groups in total. The summed E-state index contributed by atoms with van der Waals surface area (Å²) in [4.78, 5) is 12.9. The number of hydrogen-bond acceptors (Lipinski definition) is 2. The Balaban J connectivity index is 1.42. The van der Waals surface area contributed by atoms with Crippen LogP contribution in [0.15, 0.2) is 60.7 Å². The molecule has 2 aliphatic carbocycles.